The topological polar surface area (TPSA) is 161 Å². The fourth-order valence-corrected chi connectivity index (χ4v) is 7.18. The molecule has 8 atom stereocenters. The quantitative estimate of drug-likeness (QED) is 0.0185. The van der Waals surface area contributed by atoms with E-state index < -0.39 is 55.6 Å². The first-order chi connectivity index (χ1) is 26.4. The summed E-state index contributed by atoms with van der Waals surface area (Å²) in [5.74, 6) is 0. The van der Waals surface area contributed by atoms with Gasteiger partial charge in [0.2, 0.25) is 0 Å². The minimum absolute atomic E-state index is 0.150. The number of allylic oxidation sites excluding steroid dienone is 2. The summed E-state index contributed by atoms with van der Waals surface area (Å²) in [6.07, 6.45) is 29.5. The van der Waals surface area contributed by atoms with Crippen LogP contribution < -0.4 is 5.32 Å². The number of aliphatic hydroxyl groups excluding tert-OH is 6. The molecule has 0 bridgehead atoms. The molecule has 0 saturated carbocycles. The lowest BCUT2D eigenvalue weighted by atomic mass is 9.98. The summed E-state index contributed by atoms with van der Waals surface area (Å²) in [5.41, 5.74) is 0. The molecule has 0 aromatic carbocycles. The van der Waals surface area contributed by atoms with E-state index >= 15 is 0 Å². The average Bonchev–Trinajstić information content (AvgIpc) is 3.18. The van der Waals surface area contributed by atoms with Gasteiger partial charge in [0, 0.05) is 6.61 Å². The lowest BCUT2D eigenvalue weighted by Crippen LogP contribution is -2.60. The van der Waals surface area contributed by atoms with E-state index in [4.69, 9.17) is 14.2 Å². The van der Waals surface area contributed by atoms with Crippen molar-refractivity contribution in [2.75, 3.05) is 26.6 Å². The standard InChI is InChI=1S/C44H87NO9/c1-3-5-7-9-11-13-15-17-18-19-20-21-23-25-27-29-31-33-52-36-45-37(35-53-44-43(51)42(50)41(49)39(34-46)54-44)40(48)38(47)32-30-28-26-24-22-16-14-12-10-8-6-4-2/h17-18,37-51H,3-16,19-36H2,1-2H3/b18-17-/t37-,38+,39?,40-,41?,42?,43?,44?/m0/s1. The first-order valence-electron chi connectivity index (χ1n) is 22.6. The van der Waals surface area contributed by atoms with Crippen molar-refractivity contribution in [2.45, 2.75) is 243 Å². The van der Waals surface area contributed by atoms with Crippen LogP contribution in [0, 0.1) is 0 Å². The Morgan fingerprint density at radius 1 is 0.593 bits per heavy atom. The van der Waals surface area contributed by atoms with Crippen LogP contribution in [0.5, 0.6) is 0 Å². The van der Waals surface area contributed by atoms with Crippen LogP contribution in [0.1, 0.15) is 194 Å². The minimum Gasteiger partial charge on any atom is -0.394 e. The second-order valence-corrected chi connectivity index (χ2v) is 15.9. The molecule has 10 nitrogen and oxygen atoms in total. The number of ether oxygens (including phenoxy) is 3. The number of rotatable bonds is 39. The van der Waals surface area contributed by atoms with E-state index in [9.17, 15) is 30.6 Å². The molecule has 1 aliphatic heterocycles. The smallest absolute Gasteiger partial charge is 0.186 e. The molecule has 0 radical (unpaired) electrons. The Morgan fingerprint density at radius 3 is 1.56 bits per heavy atom. The van der Waals surface area contributed by atoms with Crippen LogP contribution in [0.25, 0.3) is 0 Å². The Morgan fingerprint density at radius 2 is 1.06 bits per heavy atom. The van der Waals surface area contributed by atoms with Crippen molar-refractivity contribution in [1.29, 1.82) is 0 Å². The van der Waals surface area contributed by atoms with Crippen molar-refractivity contribution in [3.8, 4) is 0 Å². The first kappa shape index (κ1) is 51.4. The van der Waals surface area contributed by atoms with Gasteiger partial charge in [-0.2, -0.15) is 0 Å². The zero-order valence-corrected chi connectivity index (χ0v) is 34.8. The van der Waals surface area contributed by atoms with E-state index in [1.807, 2.05) is 0 Å². The summed E-state index contributed by atoms with van der Waals surface area (Å²) in [6.45, 7) is 4.52. The third-order valence-electron chi connectivity index (χ3n) is 10.9. The van der Waals surface area contributed by atoms with Gasteiger partial charge in [0.25, 0.3) is 0 Å². The zero-order valence-electron chi connectivity index (χ0n) is 34.8. The predicted octanol–water partition coefficient (Wildman–Crippen LogP) is 7.98. The fraction of sp³-hybridized carbons (Fsp3) is 0.955. The molecule has 1 aliphatic rings. The molecule has 1 fully saturated rings. The van der Waals surface area contributed by atoms with Crippen molar-refractivity contribution in [3.63, 3.8) is 0 Å². The molecule has 1 saturated heterocycles. The molecule has 5 unspecified atom stereocenters. The van der Waals surface area contributed by atoms with Crippen molar-refractivity contribution in [1.82, 2.24) is 5.32 Å². The highest BCUT2D eigenvalue weighted by molar-refractivity contribution is 4.90. The largest absolute Gasteiger partial charge is 0.394 e. The van der Waals surface area contributed by atoms with E-state index in [1.54, 1.807) is 0 Å². The van der Waals surface area contributed by atoms with Crippen LogP contribution >= 0.6 is 0 Å². The Hall–Kier alpha value is -0.660. The van der Waals surface area contributed by atoms with Gasteiger partial charge in [0.05, 0.1) is 38.2 Å². The van der Waals surface area contributed by atoms with E-state index in [0.717, 1.165) is 32.1 Å². The summed E-state index contributed by atoms with van der Waals surface area (Å²) in [5, 5.41) is 65.3. The van der Waals surface area contributed by atoms with E-state index in [0.29, 0.717) is 13.0 Å². The molecule has 7 N–H and O–H groups in total. The van der Waals surface area contributed by atoms with Gasteiger partial charge in [-0.25, -0.2) is 0 Å². The predicted molar refractivity (Wildman–Crippen MR) is 219 cm³/mol. The molecule has 10 heteroatoms. The maximum atomic E-state index is 11.1. The highest BCUT2D eigenvalue weighted by atomic mass is 16.7. The minimum atomic E-state index is -1.56. The molecule has 322 valence electrons. The Bertz CT molecular complexity index is 819. The maximum Gasteiger partial charge on any atom is 0.186 e. The number of aliphatic hydroxyl groups is 6. The Kier molecular flexibility index (Phi) is 34.9. The highest BCUT2D eigenvalue weighted by Gasteiger charge is 2.44. The van der Waals surface area contributed by atoms with Gasteiger partial charge in [0.1, 0.15) is 24.4 Å². The van der Waals surface area contributed by atoms with Crippen molar-refractivity contribution in [2.24, 2.45) is 0 Å². The third-order valence-corrected chi connectivity index (χ3v) is 10.9. The van der Waals surface area contributed by atoms with Crippen molar-refractivity contribution < 1.29 is 44.8 Å². The van der Waals surface area contributed by atoms with Crippen molar-refractivity contribution >= 4 is 0 Å². The van der Waals surface area contributed by atoms with Crippen LogP contribution in [0.4, 0.5) is 0 Å². The van der Waals surface area contributed by atoms with Gasteiger partial charge in [0.15, 0.2) is 6.29 Å². The van der Waals surface area contributed by atoms with Crippen LogP contribution in [-0.4, -0.2) is 106 Å². The third kappa shape index (κ3) is 26.3. The molecular formula is C44H87NO9. The molecular weight excluding hydrogens is 686 g/mol. The number of hydrogen-bond acceptors (Lipinski definition) is 10. The number of nitrogens with one attached hydrogen (secondary N) is 1. The molecule has 54 heavy (non-hydrogen) atoms. The Labute approximate surface area is 330 Å². The van der Waals surface area contributed by atoms with Crippen LogP contribution in [0.2, 0.25) is 0 Å². The molecule has 0 aliphatic carbocycles. The summed E-state index contributed by atoms with van der Waals surface area (Å²) in [4.78, 5) is 0. The van der Waals surface area contributed by atoms with Gasteiger partial charge in [-0.1, -0.05) is 167 Å². The Balaban J connectivity index is 2.31. The van der Waals surface area contributed by atoms with Gasteiger partial charge < -0.3 is 44.8 Å². The second-order valence-electron chi connectivity index (χ2n) is 15.9. The molecule has 1 rings (SSSR count). The van der Waals surface area contributed by atoms with Crippen LogP contribution in [-0.2, 0) is 14.2 Å². The summed E-state index contributed by atoms with van der Waals surface area (Å²) in [7, 11) is 0. The molecule has 0 spiro atoms. The summed E-state index contributed by atoms with van der Waals surface area (Å²) in [6, 6.07) is -0.741. The molecule has 1 heterocycles. The number of hydrogen-bond donors (Lipinski definition) is 7. The van der Waals surface area contributed by atoms with Gasteiger partial charge in [-0.15, -0.1) is 0 Å². The van der Waals surface area contributed by atoms with E-state index in [-0.39, 0.29) is 13.3 Å². The lowest BCUT2D eigenvalue weighted by Gasteiger charge is -2.40. The zero-order chi connectivity index (χ0) is 39.5. The lowest BCUT2D eigenvalue weighted by molar-refractivity contribution is -0.303. The molecule has 0 aromatic rings. The monoisotopic (exact) mass is 774 g/mol. The van der Waals surface area contributed by atoms with Crippen LogP contribution in [0.3, 0.4) is 0 Å². The van der Waals surface area contributed by atoms with Gasteiger partial charge in [-0.05, 0) is 38.5 Å². The average molecular weight is 774 g/mol. The van der Waals surface area contributed by atoms with Crippen LogP contribution in [0.15, 0.2) is 12.2 Å². The first-order valence-corrected chi connectivity index (χ1v) is 22.6. The summed E-state index contributed by atoms with van der Waals surface area (Å²) >= 11 is 0. The molecule has 0 amide bonds. The molecule has 0 aromatic heterocycles. The van der Waals surface area contributed by atoms with E-state index in [1.165, 1.54) is 141 Å². The van der Waals surface area contributed by atoms with Gasteiger partial charge >= 0.3 is 0 Å². The van der Waals surface area contributed by atoms with E-state index in [2.05, 4.69) is 31.3 Å². The SMILES string of the molecule is CCCCCCCC/C=C\CCCCCCCCCOCN[C@@H](COC1OC(CO)C(O)C(O)C1O)[C@H](O)[C@H](O)CCCCCCCCCCCCCC. The number of unbranched alkanes of at least 4 members (excludes halogenated alkanes) is 24. The maximum absolute atomic E-state index is 11.1. The van der Waals surface area contributed by atoms with Gasteiger partial charge in [-0.3, -0.25) is 5.32 Å². The highest BCUT2D eigenvalue weighted by Crippen LogP contribution is 2.23. The fourth-order valence-electron chi connectivity index (χ4n) is 7.18. The van der Waals surface area contributed by atoms with Crippen molar-refractivity contribution in [3.05, 3.63) is 12.2 Å². The summed E-state index contributed by atoms with van der Waals surface area (Å²) < 4.78 is 17.0. The second kappa shape index (κ2) is 36.7. The normalized spacial score (nSPS) is 22.3.